The van der Waals surface area contributed by atoms with Gasteiger partial charge in [0.1, 0.15) is 61.0 Å². The molecule has 0 unspecified atom stereocenters. The Morgan fingerprint density at radius 3 is 1.90 bits per heavy atom. The minimum absolute atomic E-state index is 0.00167. The van der Waals surface area contributed by atoms with E-state index in [-0.39, 0.29) is 47.2 Å². The molecule has 3 heterocycles. The van der Waals surface area contributed by atoms with Crippen molar-refractivity contribution in [3.63, 3.8) is 0 Å². The highest BCUT2D eigenvalue weighted by Crippen LogP contribution is 2.41. The number of fused-ring (bicyclic) bond motifs is 1. The van der Waals surface area contributed by atoms with E-state index < -0.39 is 86.2 Å². The van der Waals surface area contributed by atoms with E-state index in [2.05, 4.69) is 0 Å². The molecule has 0 bridgehead atoms. The van der Waals surface area contributed by atoms with Crippen LogP contribution in [0.25, 0.3) is 11.0 Å². The quantitative estimate of drug-likeness (QED) is 0.0770. The van der Waals surface area contributed by atoms with Gasteiger partial charge in [-0.1, -0.05) is 0 Å². The lowest BCUT2D eigenvalue weighted by molar-refractivity contribution is -0.278. The second-order valence-corrected chi connectivity index (χ2v) is 11.8. The van der Waals surface area contributed by atoms with E-state index >= 15 is 0 Å². The monoisotopic (exact) mass is 724 g/mol. The van der Waals surface area contributed by atoms with Crippen molar-refractivity contribution in [2.75, 3.05) is 34.5 Å². The number of methoxy groups -OCH3 is 3. The van der Waals surface area contributed by atoms with Gasteiger partial charge in [0.05, 0.1) is 27.9 Å². The summed E-state index contributed by atoms with van der Waals surface area (Å²) in [5, 5.41) is 72.2. The number of carbonyl (C=O) groups is 1. The highest BCUT2D eigenvalue weighted by atomic mass is 16.7. The van der Waals surface area contributed by atoms with Crippen LogP contribution in [0.1, 0.15) is 12.0 Å². The zero-order valence-electron chi connectivity index (χ0n) is 27.7. The summed E-state index contributed by atoms with van der Waals surface area (Å²) < 4.78 is 49.3. The lowest BCUT2D eigenvalue weighted by Crippen LogP contribution is -2.60. The van der Waals surface area contributed by atoms with Gasteiger partial charge in [0.25, 0.3) is 0 Å². The van der Waals surface area contributed by atoms with E-state index in [0.717, 1.165) is 0 Å². The van der Waals surface area contributed by atoms with Crippen LogP contribution in [0.2, 0.25) is 0 Å². The van der Waals surface area contributed by atoms with E-state index in [1.165, 1.54) is 57.7 Å². The fraction of sp³-hybridized carbons (Fsp3) is 0.515. The van der Waals surface area contributed by atoms with Gasteiger partial charge >= 0.3 is 11.6 Å². The van der Waals surface area contributed by atoms with Crippen molar-refractivity contribution >= 4 is 16.9 Å². The van der Waals surface area contributed by atoms with E-state index in [9.17, 15) is 45.3 Å². The zero-order valence-corrected chi connectivity index (χ0v) is 27.7. The number of hydrogen-bond acceptors (Lipinski definition) is 18. The van der Waals surface area contributed by atoms with Gasteiger partial charge in [0.15, 0.2) is 23.0 Å². The smallest absolute Gasteiger partial charge is 0.336 e. The van der Waals surface area contributed by atoms with E-state index in [0.29, 0.717) is 10.9 Å². The van der Waals surface area contributed by atoms with Crippen LogP contribution >= 0.6 is 0 Å². The van der Waals surface area contributed by atoms with Gasteiger partial charge in [-0.15, -0.1) is 0 Å². The van der Waals surface area contributed by atoms with Crippen LogP contribution in [0.3, 0.4) is 0 Å². The molecule has 0 spiro atoms. The number of aliphatic hydroxyl groups excluding tert-OH is 7. The van der Waals surface area contributed by atoms with Crippen LogP contribution in [0, 0.1) is 0 Å². The van der Waals surface area contributed by atoms with Gasteiger partial charge in [-0.3, -0.25) is 4.79 Å². The average Bonchev–Trinajstić information content (AvgIpc) is 3.13. The summed E-state index contributed by atoms with van der Waals surface area (Å²) in [5.74, 6) is -0.331. The summed E-state index contributed by atoms with van der Waals surface area (Å²) in [7, 11) is 4.03. The normalized spacial score (nSPS) is 29.3. The maximum absolute atomic E-state index is 12.8. The molecule has 10 atom stereocenters. The first-order chi connectivity index (χ1) is 24.4. The Morgan fingerprint density at radius 1 is 0.706 bits per heavy atom. The van der Waals surface area contributed by atoms with Crippen LogP contribution in [-0.2, 0) is 25.4 Å². The molecule has 0 radical (unpaired) electrons. The third-order valence-corrected chi connectivity index (χ3v) is 8.45. The summed E-state index contributed by atoms with van der Waals surface area (Å²) in [5.41, 5.74) is 0.0768. The summed E-state index contributed by atoms with van der Waals surface area (Å²) in [4.78, 5) is 24.5. The fourth-order valence-electron chi connectivity index (χ4n) is 5.57. The largest absolute Gasteiger partial charge is 0.493 e. The van der Waals surface area contributed by atoms with Crippen molar-refractivity contribution in [3.05, 3.63) is 52.4 Å². The van der Waals surface area contributed by atoms with E-state index in [1.54, 1.807) is 0 Å². The molecular formula is C33H40O18. The molecule has 0 aliphatic carbocycles. The van der Waals surface area contributed by atoms with Gasteiger partial charge in [-0.25, -0.2) is 4.79 Å². The molecular weight excluding hydrogens is 684 g/mol. The number of benzene rings is 2. The molecule has 0 amide bonds. The number of esters is 1. The highest BCUT2D eigenvalue weighted by Gasteiger charge is 2.47. The van der Waals surface area contributed by atoms with Gasteiger partial charge < -0.3 is 78.1 Å². The van der Waals surface area contributed by atoms with Crippen molar-refractivity contribution in [3.8, 4) is 28.7 Å². The summed E-state index contributed by atoms with van der Waals surface area (Å²) in [6, 6.07) is 8.67. The molecule has 18 nitrogen and oxygen atoms in total. The molecule has 7 N–H and O–H groups in total. The Morgan fingerprint density at radius 2 is 1.29 bits per heavy atom. The summed E-state index contributed by atoms with van der Waals surface area (Å²) in [6.07, 6.45) is -15.7. The highest BCUT2D eigenvalue weighted by molar-refractivity contribution is 5.80. The topological polar surface area (TPSA) is 263 Å². The molecule has 3 aromatic rings. The number of ether oxygens (including phenoxy) is 8. The minimum atomic E-state index is -1.75. The number of hydrogen-bond donors (Lipinski definition) is 7. The van der Waals surface area contributed by atoms with E-state index in [1.807, 2.05) is 0 Å². The molecule has 0 saturated carbocycles. The Labute approximate surface area is 289 Å². The Bertz CT molecular complexity index is 1680. The van der Waals surface area contributed by atoms with Gasteiger partial charge in [-0.05, 0) is 36.2 Å². The minimum Gasteiger partial charge on any atom is -0.493 e. The Kier molecular flexibility index (Phi) is 12.2. The second-order valence-electron chi connectivity index (χ2n) is 11.8. The lowest BCUT2D eigenvalue weighted by atomic mass is 9.99. The Hall–Kier alpha value is -4.24. The van der Waals surface area contributed by atoms with Crippen LogP contribution in [0.4, 0.5) is 0 Å². The third-order valence-electron chi connectivity index (χ3n) is 8.45. The Balaban J connectivity index is 1.21. The lowest BCUT2D eigenvalue weighted by Gasteiger charge is -2.40. The fourth-order valence-corrected chi connectivity index (χ4v) is 5.57. The molecule has 1 aromatic heterocycles. The van der Waals surface area contributed by atoms with Crippen LogP contribution < -0.4 is 29.3 Å². The molecule has 2 aromatic carbocycles. The van der Waals surface area contributed by atoms with Crippen molar-refractivity contribution in [2.45, 2.75) is 74.3 Å². The van der Waals surface area contributed by atoms with Gasteiger partial charge in [0.2, 0.25) is 18.3 Å². The molecule has 5 rings (SSSR count). The average molecular weight is 725 g/mol. The molecule has 2 saturated heterocycles. The molecule has 51 heavy (non-hydrogen) atoms. The predicted octanol–water partition coefficient (Wildman–Crippen LogP) is -1.64. The third kappa shape index (κ3) is 8.30. The maximum Gasteiger partial charge on any atom is 0.336 e. The first-order valence-corrected chi connectivity index (χ1v) is 15.7. The number of aryl methyl sites for hydroxylation is 1. The predicted molar refractivity (Wildman–Crippen MR) is 170 cm³/mol. The van der Waals surface area contributed by atoms with E-state index in [4.69, 9.17) is 42.3 Å². The molecule has 280 valence electrons. The van der Waals surface area contributed by atoms with Gasteiger partial charge in [-0.2, -0.15) is 0 Å². The second kappa shape index (κ2) is 16.4. The van der Waals surface area contributed by atoms with Crippen molar-refractivity contribution in [2.24, 2.45) is 0 Å². The van der Waals surface area contributed by atoms with Crippen molar-refractivity contribution in [1.29, 1.82) is 0 Å². The van der Waals surface area contributed by atoms with Crippen LogP contribution in [-0.4, -0.2) is 138 Å². The van der Waals surface area contributed by atoms with Crippen LogP contribution in [0.5, 0.6) is 28.7 Å². The molecule has 2 fully saturated rings. The first kappa shape index (κ1) is 38.0. The maximum atomic E-state index is 12.8. The molecule has 2 aliphatic heterocycles. The van der Waals surface area contributed by atoms with Crippen molar-refractivity contribution in [1.82, 2.24) is 0 Å². The van der Waals surface area contributed by atoms with Crippen molar-refractivity contribution < 1.29 is 82.9 Å². The number of aliphatic hydroxyl groups is 7. The summed E-state index contributed by atoms with van der Waals surface area (Å²) >= 11 is 0. The zero-order chi connectivity index (χ0) is 37.0. The number of carbonyl (C=O) groups excluding carboxylic acids is 1. The SMILES string of the molecule is COc1cc2ccc(=O)oc2cc1O[C@@H]1O[C@H](COC(=O)CCc2cc(OC)c(O[C@@H]3O[C@H](CO)[C@@H](O)[C@H](O)[C@H]3O)c(OC)c2)[C@@H](O)[C@H](O)[C@H]1O. The van der Waals surface area contributed by atoms with Gasteiger partial charge in [0, 0.05) is 23.9 Å². The summed E-state index contributed by atoms with van der Waals surface area (Å²) in [6.45, 7) is -1.18. The number of rotatable bonds is 13. The molecule has 2 aliphatic rings. The van der Waals surface area contributed by atoms with Crippen LogP contribution in [0.15, 0.2) is 45.6 Å². The molecule has 18 heteroatoms. The first-order valence-electron chi connectivity index (χ1n) is 15.7. The standard InChI is InChI=1S/C33H40O18/c1-43-17-10-15-5-7-24(36)47-16(15)11-18(17)48-32-29(41)28(40)26(38)22(50-32)13-46-23(35)6-4-14-8-19(44-2)31(20(9-14)45-3)51-33-30(42)27(39)25(37)21(12-34)49-33/h5,7-11,21-22,25-30,32-34,37-42H,4,6,12-13H2,1-3H3/t21-,22-,25-,26-,27+,28+,29-,30-,32-,33+/m1/s1.